The van der Waals surface area contributed by atoms with Crippen molar-refractivity contribution in [2.75, 3.05) is 13.7 Å². The van der Waals surface area contributed by atoms with E-state index in [2.05, 4.69) is 4.74 Å². The number of halogens is 3. The van der Waals surface area contributed by atoms with Gasteiger partial charge in [-0.05, 0) is 30.5 Å². The van der Waals surface area contributed by atoms with Gasteiger partial charge in [0.15, 0.2) is 0 Å². The normalized spacial score (nSPS) is 18.5. The summed E-state index contributed by atoms with van der Waals surface area (Å²) in [6, 6.07) is 9.24. The minimum atomic E-state index is -5.33. The molecule has 200 valence electrons. The fourth-order valence-electron chi connectivity index (χ4n) is 3.82. The molecule has 2 aromatic carbocycles. The number of carbonyl (C=O) groups is 2. The molecule has 1 aliphatic heterocycles. The molecule has 15 heteroatoms. The van der Waals surface area contributed by atoms with Crippen LogP contribution < -0.4 is 0 Å². The Balaban J connectivity index is 1.99. The second-order valence-corrected chi connectivity index (χ2v) is 9.78. The van der Waals surface area contributed by atoms with Gasteiger partial charge in [-0.15, -0.1) is 0 Å². The monoisotopic (exact) mass is 545 g/mol. The second kappa shape index (κ2) is 11.2. The van der Waals surface area contributed by atoms with Crippen molar-refractivity contribution < 1.29 is 45.7 Å². The zero-order valence-corrected chi connectivity index (χ0v) is 20.1. The standard InChI is InChI=1S/C22H22F3N3O8S/c1-35-20(29)19-12-9-17(13-26(19)21(30)22(23,24)25)28(36-14-15-5-3-2-4-6-15)37(33,34)18-10-7-16(8-11-18)27(31)32/h2-8,10-11,17,19H,9,12-14H2,1H3/t17-,19+/m1/s1. The molecule has 1 aliphatic rings. The van der Waals surface area contributed by atoms with E-state index in [-0.39, 0.29) is 30.0 Å². The van der Waals surface area contributed by atoms with Crippen molar-refractivity contribution in [3.63, 3.8) is 0 Å². The van der Waals surface area contributed by atoms with Crippen molar-refractivity contribution in [3.8, 4) is 0 Å². The summed E-state index contributed by atoms with van der Waals surface area (Å²) in [7, 11) is -3.63. The van der Waals surface area contributed by atoms with Crippen LogP contribution in [-0.4, -0.2) is 66.5 Å². The predicted molar refractivity (Wildman–Crippen MR) is 120 cm³/mol. The molecule has 1 saturated heterocycles. The number of ether oxygens (including phenoxy) is 1. The van der Waals surface area contributed by atoms with Gasteiger partial charge in [-0.2, -0.15) is 13.2 Å². The number of methoxy groups -OCH3 is 1. The molecule has 0 spiro atoms. The highest BCUT2D eigenvalue weighted by Crippen LogP contribution is 2.31. The zero-order valence-electron chi connectivity index (χ0n) is 19.3. The van der Waals surface area contributed by atoms with Crippen LogP contribution in [0.5, 0.6) is 0 Å². The lowest BCUT2D eigenvalue weighted by atomic mass is 9.98. The lowest BCUT2D eigenvalue weighted by molar-refractivity contribution is -0.384. The molecule has 1 amide bonds. The summed E-state index contributed by atoms with van der Waals surface area (Å²) in [5.41, 5.74) is 0.161. The van der Waals surface area contributed by atoms with Crippen molar-refractivity contribution in [1.82, 2.24) is 9.37 Å². The fraction of sp³-hybridized carbons (Fsp3) is 0.364. The van der Waals surface area contributed by atoms with Crippen LogP contribution >= 0.6 is 0 Å². The van der Waals surface area contributed by atoms with E-state index in [0.717, 1.165) is 31.4 Å². The molecule has 1 fully saturated rings. The molecule has 11 nitrogen and oxygen atoms in total. The Kier molecular flexibility index (Phi) is 8.50. The predicted octanol–water partition coefficient (Wildman–Crippen LogP) is 2.81. The number of piperidine rings is 1. The van der Waals surface area contributed by atoms with Gasteiger partial charge in [-0.1, -0.05) is 34.8 Å². The van der Waals surface area contributed by atoms with E-state index in [1.807, 2.05) is 0 Å². The van der Waals surface area contributed by atoms with E-state index in [1.54, 1.807) is 30.3 Å². The second-order valence-electron chi connectivity index (χ2n) is 8.00. The van der Waals surface area contributed by atoms with Gasteiger partial charge >= 0.3 is 18.1 Å². The van der Waals surface area contributed by atoms with Gasteiger partial charge < -0.3 is 9.64 Å². The Morgan fingerprint density at radius 1 is 1.11 bits per heavy atom. The first kappa shape index (κ1) is 28.0. The number of nitrogens with zero attached hydrogens (tertiary/aromatic N) is 3. The number of likely N-dealkylation sites (tertiary alicyclic amines) is 1. The topological polar surface area (TPSA) is 136 Å². The van der Waals surface area contributed by atoms with Crippen LogP contribution in [0.15, 0.2) is 59.5 Å². The van der Waals surface area contributed by atoms with E-state index in [0.29, 0.717) is 10.0 Å². The third-order valence-corrected chi connectivity index (χ3v) is 7.36. The number of carbonyl (C=O) groups excluding carboxylic acids is 2. The molecule has 0 aliphatic carbocycles. The Morgan fingerprint density at radius 3 is 2.27 bits per heavy atom. The number of benzene rings is 2. The Labute approximate surface area is 209 Å². The Hall–Kier alpha value is -3.56. The van der Waals surface area contributed by atoms with Crippen LogP contribution in [0.25, 0.3) is 0 Å². The molecule has 0 bridgehead atoms. The third kappa shape index (κ3) is 6.42. The van der Waals surface area contributed by atoms with Crippen molar-refractivity contribution in [2.45, 2.75) is 42.6 Å². The van der Waals surface area contributed by atoms with Crippen LogP contribution in [0.1, 0.15) is 18.4 Å². The number of hydrogen-bond donors (Lipinski definition) is 0. The van der Waals surface area contributed by atoms with Gasteiger partial charge in [0.05, 0.1) is 29.6 Å². The quantitative estimate of drug-likeness (QED) is 0.281. The number of esters is 1. The molecule has 0 radical (unpaired) electrons. The maximum atomic E-state index is 13.5. The van der Waals surface area contributed by atoms with E-state index >= 15 is 0 Å². The maximum Gasteiger partial charge on any atom is 0.471 e. The number of amides is 1. The number of non-ortho nitro benzene ring substituents is 1. The van der Waals surface area contributed by atoms with Crippen LogP contribution in [0.4, 0.5) is 18.9 Å². The van der Waals surface area contributed by atoms with Crippen molar-refractivity contribution in [2.24, 2.45) is 0 Å². The summed E-state index contributed by atoms with van der Waals surface area (Å²) in [5.74, 6) is -3.41. The number of nitro groups is 1. The van der Waals surface area contributed by atoms with Crippen molar-refractivity contribution in [1.29, 1.82) is 0 Å². The molecule has 0 saturated carbocycles. The van der Waals surface area contributed by atoms with Gasteiger partial charge in [0.1, 0.15) is 6.04 Å². The maximum absolute atomic E-state index is 13.5. The fourth-order valence-corrected chi connectivity index (χ4v) is 5.26. The molecule has 0 N–H and O–H groups in total. The number of alkyl halides is 3. The highest BCUT2D eigenvalue weighted by atomic mass is 32.2. The SMILES string of the molecule is COC(=O)[C@@H]1CC[C@@H](N(OCc2ccccc2)S(=O)(=O)c2ccc([N+](=O)[O-])cc2)CN1C(=O)C(F)(F)F. The molecule has 3 rings (SSSR count). The van der Waals surface area contributed by atoms with Gasteiger partial charge in [-0.3, -0.25) is 19.7 Å². The highest BCUT2D eigenvalue weighted by Gasteiger charge is 2.50. The summed E-state index contributed by atoms with van der Waals surface area (Å²) in [4.78, 5) is 39.8. The largest absolute Gasteiger partial charge is 0.471 e. The first-order valence-electron chi connectivity index (χ1n) is 10.8. The Bertz CT molecular complexity index is 1240. The summed E-state index contributed by atoms with van der Waals surface area (Å²) < 4.78 is 71.9. The lowest BCUT2D eigenvalue weighted by Gasteiger charge is -2.41. The summed E-state index contributed by atoms with van der Waals surface area (Å²) in [5, 5.41) is 10.9. The first-order chi connectivity index (χ1) is 17.4. The average molecular weight is 545 g/mol. The first-order valence-corrected chi connectivity index (χ1v) is 12.2. The molecule has 2 atom stereocenters. The van der Waals surface area contributed by atoms with Gasteiger partial charge in [0.2, 0.25) is 0 Å². The van der Waals surface area contributed by atoms with Crippen molar-refractivity contribution >= 4 is 27.6 Å². The molecular formula is C22H22F3N3O8S. The molecule has 0 aromatic heterocycles. The number of rotatable bonds is 8. The summed E-state index contributed by atoms with van der Waals surface area (Å²) >= 11 is 0. The number of sulfonamides is 1. The third-order valence-electron chi connectivity index (χ3n) is 5.62. The van der Waals surface area contributed by atoms with E-state index in [4.69, 9.17) is 4.84 Å². The minimum absolute atomic E-state index is 0.150. The summed E-state index contributed by atoms with van der Waals surface area (Å²) in [6.45, 7) is -1.11. The smallest absolute Gasteiger partial charge is 0.467 e. The molecule has 37 heavy (non-hydrogen) atoms. The number of hydroxylamine groups is 1. The lowest BCUT2D eigenvalue weighted by Crippen LogP contribution is -2.59. The van der Waals surface area contributed by atoms with Crippen LogP contribution in [0.3, 0.4) is 0 Å². The van der Waals surface area contributed by atoms with Crippen LogP contribution in [0, 0.1) is 10.1 Å². The van der Waals surface area contributed by atoms with Gasteiger partial charge in [-0.25, -0.2) is 13.2 Å². The average Bonchev–Trinajstić information content (AvgIpc) is 2.87. The minimum Gasteiger partial charge on any atom is -0.467 e. The summed E-state index contributed by atoms with van der Waals surface area (Å²) in [6.07, 6.45) is -5.82. The van der Waals surface area contributed by atoms with E-state index in [9.17, 15) is 41.3 Å². The number of nitro benzene ring substituents is 1. The van der Waals surface area contributed by atoms with Crippen LogP contribution in [0.2, 0.25) is 0 Å². The van der Waals surface area contributed by atoms with Crippen LogP contribution in [-0.2, 0) is 35.8 Å². The molecular weight excluding hydrogens is 523 g/mol. The molecule has 2 aromatic rings. The van der Waals surface area contributed by atoms with E-state index < -0.39 is 56.5 Å². The molecule has 1 heterocycles. The van der Waals surface area contributed by atoms with Crippen molar-refractivity contribution in [3.05, 3.63) is 70.3 Å². The van der Waals surface area contributed by atoms with E-state index in [1.165, 1.54) is 0 Å². The Morgan fingerprint density at radius 2 is 1.73 bits per heavy atom. The molecule has 0 unspecified atom stereocenters. The number of hydrogen-bond acceptors (Lipinski definition) is 8. The van der Waals surface area contributed by atoms with Gasteiger partial charge in [0.25, 0.3) is 15.7 Å². The highest BCUT2D eigenvalue weighted by molar-refractivity contribution is 7.89. The zero-order chi connectivity index (χ0) is 27.4. The van der Waals surface area contributed by atoms with Gasteiger partial charge in [0, 0.05) is 18.7 Å².